The number of nitrogens with zero attached hydrogens (tertiary/aromatic N) is 3. The van der Waals surface area contributed by atoms with E-state index in [2.05, 4.69) is 15.3 Å². The maximum absolute atomic E-state index is 13.6. The second-order valence-electron chi connectivity index (χ2n) is 3.99. The number of hydrogen-bond donors (Lipinski definition) is 2. The molecule has 8 heteroatoms. The maximum atomic E-state index is 13.6. The van der Waals surface area contributed by atoms with E-state index in [4.69, 9.17) is 10.5 Å². The molecule has 20 heavy (non-hydrogen) atoms. The third-order valence-corrected chi connectivity index (χ3v) is 2.74. The van der Waals surface area contributed by atoms with Crippen molar-refractivity contribution in [1.82, 2.24) is 19.8 Å². The molecular weight excluding hydrogens is 265 g/mol. The number of hydrogen-bond acceptors (Lipinski definition) is 5. The molecule has 2 heterocycles. The highest BCUT2D eigenvalue weighted by Gasteiger charge is 2.10. The summed E-state index contributed by atoms with van der Waals surface area (Å²) in [7, 11) is 0. The first-order valence-electron chi connectivity index (χ1n) is 5.79. The van der Waals surface area contributed by atoms with Gasteiger partial charge in [-0.15, -0.1) is 5.10 Å². The van der Waals surface area contributed by atoms with E-state index in [0.29, 0.717) is 5.65 Å². The first-order valence-corrected chi connectivity index (χ1v) is 5.79. The van der Waals surface area contributed by atoms with Gasteiger partial charge in [0.15, 0.2) is 5.65 Å². The number of aromatic amines is 1. The third-order valence-electron chi connectivity index (χ3n) is 2.74. The molecule has 7 nitrogen and oxygen atoms in total. The summed E-state index contributed by atoms with van der Waals surface area (Å²) >= 11 is 0. The average molecular weight is 275 g/mol. The van der Waals surface area contributed by atoms with E-state index < -0.39 is 11.5 Å². The van der Waals surface area contributed by atoms with Crippen molar-refractivity contribution in [2.75, 3.05) is 0 Å². The SMILES string of the molecule is NCc1c(F)cccc1Oc1ccc2n[nH]c(=O)n2n1. The lowest BCUT2D eigenvalue weighted by atomic mass is 10.2. The van der Waals surface area contributed by atoms with Gasteiger partial charge in [0, 0.05) is 18.2 Å². The Kier molecular flexibility index (Phi) is 2.92. The van der Waals surface area contributed by atoms with Crippen molar-refractivity contribution in [2.45, 2.75) is 6.54 Å². The van der Waals surface area contributed by atoms with Crippen LogP contribution in [0.2, 0.25) is 0 Å². The molecule has 0 aliphatic rings. The van der Waals surface area contributed by atoms with Crippen LogP contribution in [0.4, 0.5) is 4.39 Å². The summed E-state index contributed by atoms with van der Waals surface area (Å²) in [5.74, 6) is -0.0521. The molecule has 3 N–H and O–H groups in total. The molecule has 0 aliphatic carbocycles. The fourth-order valence-electron chi connectivity index (χ4n) is 1.79. The zero-order valence-electron chi connectivity index (χ0n) is 10.2. The Hall–Kier alpha value is -2.74. The normalized spacial score (nSPS) is 10.9. The molecule has 0 saturated carbocycles. The van der Waals surface area contributed by atoms with Gasteiger partial charge in [-0.3, -0.25) is 0 Å². The van der Waals surface area contributed by atoms with E-state index in [-0.39, 0.29) is 23.7 Å². The van der Waals surface area contributed by atoms with Crippen LogP contribution < -0.4 is 16.2 Å². The lowest BCUT2D eigenvalue weighted by Crippen LogP contribution is -2.12. The second-order valence-corrected chi connectivity index (χ2v) is 3.99. The van der Waals surface area contributed by atoms with Crippen molar-refractivity contribution < 1.29 is 9.13 Å². The highest BCUT2D eigenvalue weighted by Crippen LogP contribution is 2.25. The molecule has 0 unspecified atom stereocenters. The van der Waals surface area contributed by atoms with E-state index in [1.807, 2.05) is 0 Å². The number of aromatic nitrogens is 4. The Morgan fingerprint density at radius 3 is 3.00 bits per heavy atom. The van der Waals surface area contributed by atoms with E-state index >= 15 is 0 Å². The summed E-state index contributed by atoms with van der Waals surface area (Å²) in [6.07, 6.45) is 0. The lowest BCUT2D eigenvalue weighted by molar-refractivity contribution is 0.440. The summed E-state index contributed by atoms with van der Waals surface area (Å²) < 4.78 is 20.1. The molecule has 3 aromatic rings. The third kappa shape index (κ3) is 2.01. The quantitative estimate of drug-likeness (QED) is 0.737. The monoisotopic (exact) mass is 275 g/mol. The minimum absolute atomic E-state index is 0.00406. The van der Waals surface area contributed by atoms with Gasteiger partial charge >= 0.3 is 5.69 Å². The van der Waals surface area contributed by atoms with Crippen molar-refractivity contribution in [3.63, 3.8) is 0 Å². The van der Waals surface area contributed by atoms with Gasteiger partial charge in [0.25, 0.3) is 0 Å². The number of benzene rings is 1. The predicted octanol–water partition coefficient (Wildman–Crippen LogP) is 0.808. The fraction of sp³-hybridized carbons (Fsp3) is 0.0833. The number of halogens is 1. The van der Waals surface area contributed by atoms with Crippen LogP contribution in [0.25, 0.3) is 5.65 Å². The molecule has 0 amide bonds. The van der Waals surface area contributed by atoms with Crippen LogP contribution in [0, 0.1) is 5.82 Å². The molecule has 0 saturated heterocycles. The van der Waals surface area contributed by atoms with Gasteiger partial charge in [-0.1, -0.05) is 6.07 Å². The first-order chi connectivity index (χ1) is 9.69. The summed E-state index contributed by atoms with van der Waals surface area (Å²) in [6.45, 7) is -0.00406. The molecule has 0 spiro atoms. The molecule has 0 atom stereocenters. The van der Waals surface area contributed by atoms with Gasteiger partial charge in [-0.05, 0) is 18.2 Å². The van der Waals surface area contributed by atoms with Crippen LogP contribution >= 0.6 is 0 Å². The van der Waals surface area contributed by atoms with E-state index in [1.54, 1.807) is 12.1 Å². The summed E-state index contributed by atoms with van der Waals surface area (Å²) in [5.41, 5.74) is 5.62. The van der Waals surface area contributed by atoms with Crippen LogP contribution in [-0.4, -0.2) is 19.8 Å². The topological polar surface area (TPSA) is 98.3 Å². The molecule has 3 rings (SSSR count). The first kappa shape index (κ1) is 12.3. The summed E-state index contributed by atoms with van der Waals surface area (Å²) in [6, 6.07) is 7.47. The molecule has 0 radical (unpaired) electrons. The summed E-state index contributed by atoms with van der Waals surface area (Å²) in [4.78, 5) is 11.4. The van der Waals surface area contributed by atoms with Gasteiger partial charge in [0.2, 0.25) is 5.88 Å². The zero-order chi connectivity index (χ0) is 14.1. The number of ether oxygens (including phenoxy) is 1. The predicted molar refractivity (Wildman–Crippen MR) is 68.0 cm³/mol. The van der Waals surface area contributed by atoms with Gasteiger partial charge in [-0.25, -0.2) is 14.3 Å². The molecule has 0 aliphatic heterocycles. The van der Waals surface area contributed by atoms with Crippen molar-refractivity contribution in [1.29, 1.82) is 0 Å². The average Bonchev–Trinajstić information content (AvgIpc) is 2.81. The summed E-state index contributed by atoms with van der Waals surface area (Å²) in [5, 5.41) is 9.96. The standard InChI is InChI=1S/C12H10FN5O2/c13-8-2-1-3-9(7(8)6-14)20-11-5-4-10-15-16-12(19)18(10)17-11/h1-5H,6,14H2,(H,16,19). The number of rotatable bonds is 3. The second kappa shape index (κ2) is 4.74. The highest BCUT2D eigenvalue weighted by atomic mass is 19.1. The highest BCUT2D eigenvalue weighted by molar-refractivity contribution is 5.39. The van der Waals surface area contributed by atoms with Crippen molar-refractivity contribution in [2.24, 2.45) is 5.73 Å². The largest absolute Gasteiger partial charge is 0.437 e. The Morgan fingerprint density at radius 2 is 2.20 bits per heavy atom. The molecular formula is C12H10FN5O2. The molecule has 0 bridgehead atoms. The van der Waals surface area contributed by atoms with E-state index in [9.17, 15) is 9.18 Å². The van der Waals surface area contributed by atoms with Crippen molar-refractivity contribution >= 4 is 5.65 Å². The molecule has 2 aromatic heterocycles. The molecule has 1 aromatic carbocycles. The molecule has 0 fully saturated rings. The smallest absolute Gasteiger partial charge is 0.364 e. The maximum Gasteiger partial charge on any atom is 0.364 e. The number of fused-ring (bicyclic) bond motifs is 1. The van der Waals surface area contributed by atoms with Gasteiger partial charge in [0.1, 0.15) is 11.6 Å². The number of nitrogens with one attached hydrogen (secondary N) is 1. The van der Waals surface area contributed by atoms with E-state index in [1.165, 1.54) is 18.2 Å². The van der Waals surface area contributed by atoms with Crippen LogP contribution in [0.3, 0.4) is 0 Å². The van der Waals surface area contributed by atoms with Crippen molar-refractivity contribution in [3.05, 3.63) is 52.2 Å². The van der Waals surface area contributed by atoms with E-state index in [0.717, 1.165) is 4.52 Å². The van der Waals surface area contributed by atoms with Crippen molar-refractivity contribution in [3.8, 4) is 11.6 Å². The Bertz CT molecular complexity index is 826. The molecule has 102 valence electrons. The minimum atomic E-state index is -0.483. The van der Waals surface area contributed by atoms with Gasteiger partial charge < -0.3 is 10.5 Å². The van der Waals surface area contributed by atoms with Crippen LogP contribution in [-0.2, 0) is 6.54 Å². The Balaban J connectivity index is 2.03. The number of nitrogens with two attached hydrogens (primary N) is 1. The van der Waals surface area contributed by atoms with Crippen LogP contribution in [0.15, 0.2) is 35.1 Å². The Labute approximate surface area is 111 Å². The Morgan fingerprint density at radius 1 is 1.35 bits per heavy atom. The lowest BCUT2D eigenvalue weighted by Gasteiger charge is -2.09. The fourth-order valence-corrected chi connectivity index (χ4v) is 1.79. The zero-order valence-corrected chi connectivity index (χ0v) is 10.2. The van der Waals surface area contributed by atoms with Gasteiger partial charge in [-0.2, -0.15) is 9.61 Å². The number of H-pyrrole nitrogens is 1. The minimum Gasteiger partial charge on any atom is -0.437 e. The van der Waals surface area contributed by atoms with Gasteiger partial charge in [0.05, 0.1) is 0 Å². The van der Waals surface area contributed by atoms with Crippen LogP contribution in [0.5, 0.6) is 11.6 Å². The van der Waals surface area contributed by atoms with Crippen LogP contribution in [0.1, 0.15) is 5.56 Å².